The minimum Gasteiger partial charge on any atom is -0.0625 e. The zero-order chi connectivity index (χ0) is 13.7. The quantitative estimate of drug-likeness (QED) is 0.492. The summed E-state index contributed by atoms with van der Waals surface area (Å²) >= 11 is 0. The lowest BCUT2D eigenvalue weighted by molar-refractivity contribution is -0.115. The molecule has 0 saturated heterocycles. The number of hydrogen-bond donors (Lipinski definition) is 0. The summed E-state index contributed by atoms with van der Waals surface area (Å²) in [5, 5.41) is 0. The van der Waals surface area contributed by atoms with Gasteiger partial charge in [-0.05, 0) is 46.8 Å². The lowest BCUT2D eigenvalue weighted by Gasteiger charge is -2.61. The highest BCUT2D eigenvalue weighted by Gasteiger charge is 2.55. The van der Waals surface area contributed by atoms with Crippen LogP contribution >= 0.6 is 0 Å². The Morgan fingerprint density at radius 1 is 0.824 bits per heavy atom. The normalized spacial score (nSPS) is 29.1. The third-order valence-corrected chi connectivity index (χ3v) is 5.25. The van der Waals surface area contributed by atoms with Crippen molar-refractivity contribution in [2.75, 3.05) is 0 Å². The highest BCUT2D eigenvalue weighted by Crippen LogP contribution is 2.64. The Morgan fingerprint density at radius 2 is 1.24 bits per heavy atom. The molecule has 1 unspecified atom stereocenters. The van der Waals surface area contributed by atoms with Crippen LogP contribution in [-0.4, -0.2) is 0 Å². The summed E-state index contributed by atoms with van der Waals surface area (Å²) in [6, 6.07) is 0. The molecule has 0 spiro atoms. The van der Waals surface area contributed by atoms with Crippen LogP contribution in [0.3, 0.4) is 0 Å². The van der Waals surface area contributed by atoms with E-state index in [-0.39, 0.29) is 0 Å². The SMILES string of the molecule is CC1CC(C)(C)CC(C(C)(C)C)(C(C)(C)C)C1. The number of hydrogen-bond acceptors (Lipinski definition) is 0. The van der Waals surface area contributed by atoms with Gasteiger partial charge in [-0.15, -0.1) is 0 Å². The minimum absolute atomic E-state index is 0.386. The molecule has 1 aliphatic carbocycles. The molecule has 1 atom stereocenters. The Hall–Kier alpha value is 0. The maximum absolute atomic E-state index is 2.47. The van der Waals surface area contributed by atoms with E-state index in [2.05, 4.69) is 62.3 Å². The maximum atomic E-state index is 2.47. The zero-order valence-electron chi connectivity index (χ0n) is 13.7. The van der Waals surface area contributed by atoms with Gasteiger partial charge in [0, 0.05) is 0 Å². The highest BCUT2D eigenvalue weighted by atomic mass is 14.6. The smallest absolute Gasteiger partial charge is 0.0193 e. The average molecular weight is 238 g/mol. The summed E-state index contributed by atoms with van der Waals surface area (Å²) in [5.41, 5.74) is 1.73. The second-order valence-electron chi connectivity index (χ2n) is 9.44. The largest absolute Gasteiger partial charge is 0.0625 e. The van der Waals surface area contributed by atoms with E-state index >= 15 is 0 Å². The second kappa shape index (κ2) is 4.00. The maximum Gasteiger partial charge on any atom is -0.0193 e. The van der Waals surface area contributed by atoms with Crippen molar-refractivity contribution in [3.05, 3.63) is 0 Å². The molecule has 0 radical (unpaired) electrons. The molecule has 0 aromatic carbocycles. The van der Waals surface area contributed by atoms with Gasteiger partial charge in [0.2, 0.25) is 0 Å². The molecule has 17 heavy (non-hydrogen) atoms. The van der Waals surface area contributed by atoms with Crippen LogP contribution < -0.4 is 0 Å². The van der Waals surface area contributed by atoms with Crippen molar-refractivity contribution in [1.82, 2.24) is 0 Å². The van der Waals surface area contributed by atoms with E-state index in [0.29, 0.717) is 21.7 Å². The van der Waals surface area contributed by atoms with Gasteiger partial charge in [0.05, 0.1) is 0 Å². The Kier molecular flexibility index (Phi) is 3.54. The fourth-order valence-corrected chi connectivity index (χ4v) is 4.84. The Morgan fingerprint density at radius 3 is 1.53 bits per heavy atom. The lowest BCUT2D eigenvalue weighted by atomic mass is 9.44. The molecule has 0 amide bonds. The van der Waals surface area contributed by atoms with E-state index in [0.717, 1.165) is 5.92 Å². The summed E-state index contributed by atoms with van der Waals surface area (Å²) < 4.78 is 0. The monoisotopic (exact) mass is 238 g/mol. The van der Waals surface area contributed by atoms with E-state index in [4.69, 9.17) is 0 Å². The van der Waals surface area contributed by atoms with E-state index < -0.39 is 0 Å². The van der Waals surface area contributed by atoms with Crippen molar-refractivity contribution in [2.45, 2.75) is 81.6 Å². The fraction of sp³-hybridized carbons (Fsp3) is 1.00. The molecule has 0 aliphatic heterocycles. The topological polar surface area (TPSA) is 0 Å². The van der Waals surface area contributed by atoms with E-state index in [1.165, 1.54) is 19.3 Å². The Bertz CT molecular complexity index is 255. The van der Waals surface area contributed by atoms with Gasteiger partial charge in [-0.1, -0.05) is 62.3 Å². The Labute approximate surface area is 110 Å². The molecule has 102 valence electrons. The summed E-state index contributed by atoms with van der Waals surface area (Å²) in [5.74, 6) is 0.859. The first-order valence-electron chi connectivity index (χ1n) is 7.31. The molecule has 0 heteroatoms. The molecule has 0 aromatic rings. The Balaban J connectivity index is 3.25. The third kappa shape index (κ3) is 2.71. The van der Waals surface area contributed by atoms with Crippen LogP contribution in [0.2, 0.25) is 0 Å². The third-order valence-electron chi connectivity index (χ3n) is 5.25. The van der Waals surface area contributed by atoms with Crippen molar-refractivity contribution < 1.29 is 0 Å². The molecule has 0 heterocycles. The van der Waals surface area contributed by atoms with Crippen LogP contribution in [0.4, 0.5) is 0 Å². The standard InChI is InChI=1S/C17H34/c1-13-10-16(8,9)12-17(11-13,14(2,3)4)15(5,6)7/h13H,10-12H2,1-9H3. The van der Waals surface area contributed by atoms with E-state index in [9.17, 15) is 0 Å². The zero-order valence-corrected chi connectivity index (χ0v) is 13.7. The minimum atomic E-state index is 0.386. The van der Waals surface area contributed by atoms with Crippen LogP contribution in [0.25, 0.3) is 0 Å². The molecular formula is C17H34. The van der Waals surface area contributed by atoms with Crippen LogP contribution in [0.1, 0.15) is 81.6 Å². The molecule has 0 N–H and O–H groups in total. The predicted octanol–water partition coefficient (Wildman–Crippen LogP) is 5.91. The first-order chi connectivity index (χ1) is 7.31. The van der Waals surface area contributed by atoms with Gasteiger partial charge >= 0.3 is 0 Å². The van der Waals surface area contributed by atoms with Gasteiger partial charge in [0.1, 0.15) is 0 Å². The molecular weight excluding hydrogens is 204 g/mol. The first-order valence-corrected chi connectivity index (χ1v) is 7.31. The van der Waals surface area contributed by atoms with Crippen LogP contribution in [0.15, 0.2) is 0 Å². The lowest BCUT2D eigenvalue weighted by Crippen LogP contribution is -2.52. The number of rotatable bonds is 0. The summed E-state index contributed by atoms with van der Waals surface area (Å²) in [6.45, 7) is 22.1. The van der Waals surface area contributed by atoms with Crippen LogP contribution in [0.5, 0.6) is 0 Å². The van der Waals surface area contributed by atoms with E-state index in [1.54, 1.807) is 0 Å². The van der Waals surface area contributed by atoms with Gasteiger partial charge in [-0.3, -0.25) is 0 Å². The van der Waals surface area contributed by atoms with Crippen LogP contribution in [0, 0.1) is 27.6 Å². The summed E-state index contributed by atoms with van der Waals surface area (Å²) in [4.78, 5) is 0. The van der Waals surface area contributed by atoms with Gasteiger partial charge in [0.15, 0.2) is 0 Å². The van der Waals surface area contributed by atoms with Gasteiger partial charge in [-0.2, -0.15) is 0 Å². The van der Waals surface area contributed by atoms with Crippen molar-refractivity contribution in [2.24, 2.45) is 27.6 Å². The second-order valence-corrected chi connectivity index (χ2v) is 9.44. The predicted molar refractivity (Wildman–Crippen MR) is 78.1 cm³/mol. The van der Waals surface area contributed by atoms with Crippen molar-refractivity contribution >= 4 is 0 Å². The molecule has 1 fully saturated rings. The van der Waals surface area contributed by atoms with Crippen LogP contribution in [-0.2, 0) is 0 Å². The highest BCUT2D eigenvalue weighted by molar-refractivity contribution is 5.04. The molecule has 1 aliphatic rings. The van der Waals surface area contributed by atoms with Crippen molar-refractivity contribution in [3.63, 3.8) is 0 Å². The molecule has 0 aromatic heterocycles. The molecule has 1 rings (SSSR count). The average Bonchev–Trinajstić information content (AvgIpc) is 1.95. The van der Waals surface area contributed by atoms with Crippen molar-refractivity contribution in [3.8, 4) is 0 Å². The first kappa shape index (κ1) is 15.1. The van der Waals surface area contributed by atoms with Gasteiger partial charge < -0.3 is 0 Å². The van der Waals surface area contributed by atoms with Crippen molar-refractivity contribution in [1.29, 1.82) is 0 Å². The van der Waals surface area contributed by atoms with Gasteiger partial charge in [-0.25, -0.2) is 0 Å². The van der Waals surface area contributed by atoms with E-state index in [1.807, 2.05) is 0 Å². The molecule has 1 saturated carbocycles. The summed E-state index contributed by atoms with van der Waals surface area (Å²) in [7, 11) is 0. The fourth-order valence-electron chi connectivity index (χ4n) is 4.84. The molecule has 0 nitrogen and oxygen atoms in total. The van der Waals surface area contributed by atoms with Gasteiger partial charge in [0.25, 0.3) is 0 Å². The molecule has 0 bridgehead atoms. The summed E-state index contributed by atoms with van der Waals surface area (Å²) in [6.07, 6.45) is 4.15.